The minimum absolute atomic E-state index is 0.0801. The van der Waals surface area contributed by atoms with Gasteiger partial charge < -0.3 is 0 Å². The van der Waals surface area contributed by atoms with Crippen molar-refractivity contribution in [3.8, 4) is 0 Å². The highest BCUT2D eigenvalue weighted by molar-refractivity contribution is 7.88. The summed E-state index contributed by atoms with van der Waals surface area (Å²) in [4.78, 5) is 0. The van der Waals surface area contributed by atoms with Crippen molar-refractivity contribution in [2.75, 3.05) is 0 Å². The van der Waals surface area contributed by atoms with Crippen LogP contribution in [0.25, 0.3) is 0 Å². The first kappa shape index (κ1) is 17.0. The average molecular weight is 336 g/mol. The zero-order valence-corrected chi connectivity index (χ0v) is 15.1. The molecule has 0 aliphatic heterocycles. The van der Waals surface area contributed by atoms with Crippen molar-refractivity contribution in [2.45, 2.75) is 63.7 Å². The molecule has 0 spiro atoms. The first-order chi connectivity index (χ1) is 10.9. The van der Waals surface area contributed by atoms with Crippen molar-refractivity contribution in [1.82, 2.24) is 4.72 Å². The summed E-state index contributed by atoms with van der Waals surface area (Å²) >= 11 is 0. The zero-order valence-electron chi connectivity index (χ0n) is 14.3. The Morgan fingerprint density at radius 1 is 1.17 bits per heavy atom. The van der Waals surface area contributed by atoms with Gasteiger partial charge in [0.15, 0.2) is 0 Å². The van der Waals surface area contributed by atoms with Gasteiger partial charge in [0.2, 0.25) is 10.0 Å². The van der Waals surface area contributed by atoms with Crippen LogP contribution in [0.1, 0.15) is 57.9 Å². The number of rotatable bonds is 5. The van der Waals surface area contributed by atoms with Gasteiger partial charge in [-0.15, -0.1) is 0 Å². The van der Waals surface area contributed by atoms with Gasteiger partial charge in [-0.25, -0.2) is 13.1 Å². The maximum atomic E-state index is 12.7. The number of hydrogen-bond donors (Lipinski definition) is 1. The van der Waals surface area contributed by atoms with E-state index in [0.29, 0.717) is 5.92 Å². The summed E-state index contributed by atoms with van der Waals surface area (Å²) in [6.07, 6.45) is 7.09. The molecular weight excluding hydrogens is 306 g/mol. The largest absolute Gasteiger partial charge is 0.216 e. The molecule has 128 valence electrons. The van der Waals surface area contributed by atoms with Crippen molar-refractivity contribution in [3.63, 3.8) is 0 Å². The van der Waals surface area contributed by atoms with E-state index in [1.54, 1.807) is 0 Å². The normalized spacial score (nSPS) is 34.3. The lowest BCUT2D eigenvalue weighted by Gasteiger charge is -2.50. The Bertz CT molecular complexity index is 628. The Labute approximate surface area is 140 Å². The molecule has 0 radical (unpaired) electrons. The summed E-state index contributed by atoms with van der Waals surface area (Å²) < 4.78 is 28.4. The predicted octanol–water partition coefficient (Wildman–Crippen LogP) is 4.10. The van der Waals surface area contributed by atoms with E-state index in [0.717, 1.165) is 30.2 Å². The molecule has 1 N–H and O–H groups in total. The second-order valence-electron chi connectivity index (χ2n) is 7.85. The number of nitrogens with one attached hydrogen (secondary N) is 1. The van der Waals surface area contributed by atoms with Gasteiger partial charge in [-0.3, -0.25) is 0 Å². The van der Waals surface area contributed by atoms with Gasteiger partial charge in [0.1, 0.15) is 0 Å². The van der Waals surface area contributed by atoms with Crippen LogP contribution in [0.3, 0.4) is 0 Å². The Kier molecular flexibility index (Phi) is 4.84. The highest BCUT2D eigenvalue weighted by Crippen LogP contribution is 2.48. The molecule has 0 heterocycles. The van der Waals surface area contributed by atoms with Crippen LogP contribution in [0.4, 0.5) is 0 Å². The number of fused-ring (bicyclic) bond motifs is 2. The monoisotopic (exact) mass is 335 g/mol. The van der Waals surface area contributed by atoms with E-state index in [9.17, 15) is 8.42 Å². The molecule has 2 bridgehead atoms. The molecule has 3 nitrogen and oxygen atoms in total. The third kappa shape index (κ3) is 3.97. The van der Waals surface area contributed by atoms with Crippen LogP contribution in [0, 0.1) is 17.8 Å². The summed E-state index contributed by atoms with van der Waals surface area (Å²) in [5.41, 5.74) is 0.588. The maximum absolute atomic E-state index is 12.7. The molecule has 4 heteroatoms. The zero-order chi connectivity index (χ0) is 16.5. The van der Waals surface area contributed by atoms with E-state index in [2.05, 4.69) is 18.6 Å². The summed E-state index contributed by atoms with van der Waals surface area (Å²) in [5, 5.41) is 0. The third-order valence-corrected chi connectivity index (χ3v) is 7.53. The lowest BCUT2D eigenvalue weighted by molar-refractivity contribution is 0.0598. The lowest BCUT2D eigenvalue weighted by Crippen LogP contribution is -2.56. The molecule has 3 unspecified atom stereocenters. The topological polar surface area (TPSA) is 46.2 Å². The van der Waals surface area contributed by atoms with E-state index in [4.69, 9.17) is 0 Å². The molecule has 23 heavy (non-hydrogen) atoms. The smallest absolute Gasteiger partial charge is 0.212 e. The number of sulfonamides is 1. The summed E-state index contributed by atoms with van der Waals surface area (Å²) in [6.45, 7) is 4.40. The summed E-state index contributed by atoms with van der Waals surface area (Å²) in [5.74, 6) is 2.16. The summed E-state index contributed by atoms with van der Waals surface area (Å²) in [7, 11) is -3.30. The molecule has 4 atom stereocenters. The first-order valence-electron chi connectivity index (χ1n) is 8.96. The van der Waals surface area contributed by atoms with Gasteiger partial charge in [-0.2, -0.15) is 0 Å². The minimum atomic E-state index is -3.30. The molecule has 1 aromatic carbocycles. The van der Waals surface area contributed by atoms with Crippen LogP contribution in [0.5, 0.6) is 0 Å². The predicted molar refractivity (Wildman–Crippen MR) is 94.5 cm³/mol. The van der Waals surface area contributed by atoms with Crippen molar-refractivity contribution < 1.29 is 8.42 Å². The van der Waals surface area contributed by atoms with E-state index in [1.807, 2.05) is 30.3 Å². The molecule has 2 aliphatic rings. The molecule has 1 aromatic rings. The fraction of sp³-hybridized carbons (Fsp3) is 0.684. The molecule has 0 amide bonds. The lowest BCUT2D eigenvalue weighted by atomic mass is 9.60. The molecule has 0 aromatic heterocycles. The number of hydrogen-bond acceptors (Lipinski definition) is 2. The van der Waals surface area contributed by atoms with Gasteiger partial charge >= 0.3 is 0 Å². The number of benzene rings is 1. The van der Waals surface area contributed by atoms with Crippen LogP contribution >= 0.6 is 0 Å². The molecule has 3 rings (SSSR count). The Morgan fingerprint density at radius 2 is 1.91 bits per heavy atom. The Morgan fingerprint density at radius 3 is 2.61 bits per heavy atom. The SMILES string of the molecule is CCC1CC2CC[C@](C)(NS(=O)(=O)Cc3ccccc3)C(C1)C2. The summed E-state index contributed by atoms with van der Waals surface area (Å²) in [6, 6.07) is 9.47. The molecule has 2 aliphatic carbocycles. The van der Waals surface area contributed by atoms with Crippen LogP contribution in [0.2, 0.25) is 0 Å². The standard InChI is InChI=1S/C19H29NO2S/c1-3-15-11-17-9-10-19(2,18(12-15)13-17)20-23(21,22)14-16-7-5-4-6-8-16/h4-8,15,17-18,20H,3,9-14H2,1-2H3/t15?,17?,18?,19-/m0/s1. The van der Waals surface area contributed by atoms with Gasteiger partial charge in [0.05, 0.1) is 5.75 Å². The van der Waals surface area contributed by atoms with Crippen LogP contribution in [0.15, 0.2) is 30.3 Å². The second-order valence-corrected chi connectivity index (χ2v) is 9.57. The van der Waals surface area contributed by atoms with E-state index >= 15 is 0 Å². The van der Waals surface area contributed by atoms with Crippen molar-refractivity contribution in [2.24, 2.45) is 17.8 Å². The van der Waals surface area contributed by atoms with Gasteiger partial charge in [-0.1, -0.05) is 43.7 Å². The van der Waals surface area contributed by atoms with Crippen LogP contribution in [-0.2, 0) is 15.8 Å². The third-order valence-electron chi connectivity index (χ3n) is 6.04. The maximum Gasteiger partial charge on any atom is 0.216 e. The molecular formula is C19H29NO2S. The van der Waals surface area contributed by atoms with E-state index in [-0.39, 0.29) is 11.3 Å². The van der Waals surface area contributed by atoms with Crippen molar-refractivity contribution in [1.29, 1.82) is 0 Å². The quantitative estimate of drug-likeness (QED) is 0.880. The fourth-order valence-corrected chi connectivity index (χ4v) is 6.36. The highest BCUT2D eigenvalue weighted by Gasteiger charge is 2.45. The van der Waals surface area contributed by atoms with Crippen molar-refractivity contribution in [3.05, 3.63) is 35.9 Å². The Hall–Kier alpha value is -0.870. The minimum Gasteiger partial charge on any atom is -0.212 e. The van der Waals surface area contributed by atoms with Crippen molar-refractivity contribution >= 4 is 10.0 Å². The average Bonchev–Trinajstić information content (AvgIpc) is 2.51. The fourth-order valence-electron chi connectivity index (χ4n) is 4.68. The molecule has 2 fully saturated rings. The highest BCUT2D eigenvalue weighted by atomic mass is 32.2. The van der Waals surface area contributed by atoms with E-state index < -0.39 is 10.0 Å². The first-order valence-corrected chi connectivity index (χ1v) is 10.6. The van der Waals surface area contributed by atoms with Gasteiger partial charge in [0.25, 0.3) is 0 Å². The van der Waals surface area contributed by atoms with Gasteiger partial charge in [-0.05, 0) is 62.3 Å². The molecule has 0 saturated heterocycles. The van der Waals surface area contributed by atoms with Crippen LogP contribution in [-0.4, -0.2) is 14.0 Å². The molecule has 2 saturated carbocycles. The van der Waals surface area contributed by atoms with Gasteiger partial charge in [0, 0.05) is 5.54 Å². The van der Waals surface area contributed by atoms with E-state index in [1.165, 1.54) is 25.7 Å². The second kappa shape index (κ2) is 6.56. The Balaban J connectivity index is 1.72. The van der Waals surface area contributed by atoms with Crippen LogP contribution < -0.4 is 4.72 Å².